The minimum Gasteiger partial charge on any atom is -0.489 e. The minimum absolute atomic E-state index is 0.306. The number of carboxylic acid groups (broad SMARTS) is 1. The summed E-state index contributed by atoms with van der Waals surface area (Å²) in [4.78, 5) is 14.6. The van der Waals surface area contributed by atoms with E-state index in [0.29, 0.717) is 13.0 Å². The highest BCUT2D eigenvalue weighted by atomic mass is 16.5. The number of hydrogen-bond acceptors (Lipinski definition) is 4. The number of carbonyl (C=O) groups is 1. The van der Waals surface area contributed by atoms with Crippen molar-refractivity contribution in [2.75, 3.05) is 0 Å². The van der Waals surface area contributed by atoms with Crippen LogP contribution in [0, 0.1) is 0 Å². The van der Waals surface area contributed by atoms with Gasteiger partial charge in [-0.15, -0.1) is 0 Å². The molecule has 0 amide bonds. The van der Waals surface area contributed by atoms with Gasteiger partial charge in [0.15, 0.2) is 0 Å². The van der Waals surface area contributed by atoms with Gasteiger partial charge in [0.05, 0.1) is 0 Å². The lowest BCUT2D eigenvalue weighted by atomic mass is 10.1. The largest absolute Gasteiger partial charge is 0.489 e. The molecule has 104 valence electrons. The number of carboxylic acids is 1. The summed E-state index contributed by atoms with van der Waals surface area (Å²) in [5.74, 6) is -0.266. The van der Waals surface area contributed by atoms with E-state index in [4.69, 9.17) is 15.6 Å². The van der Waals surface area contributed by atoms with Crippen LogP contribution in [0.15, 0.2) is 48.8 Å². The minimum atomic E-state index is -0.997. The molecule has 5 heteroatoms. The van der Waals surface area contributed by atoms with Crippen LogP contribution < -0.4 is 10.5 Å². The maximum atomic E-state index is 10.7. The average Bonchev–Trinajstić information content (AvgIpc) is 2.47. The molecule has 2 rings (SSSR count). The predicted octanol–water partition coefficient (Wildman–Crippen LogP) is 1.62. The molecule has 20 heavy (non-hydrogen) atoms. The van der Waals surface area contributed by atoms with E-state index >= 15 is 0 Å². The van der Waals surface area contributed by atoms with Gasteiger partial charge >= 0.3 is 5.97 Å². The first-order valence-electron chi connectivity index (χ1n) is 6.24. The molecule has 0 saturated carbocycles. The van der Waals surface area contributed by atoms with Crippen molar-refractivity contribution < 1.29 is 14.6 Å². The van der Waals surface area contributed by atoms with E-state index in [1.807, 2.05) is 36.4 Å². The number of aliphatic carboxylic acids is 1. The smallest absolute Gasteiger partial charge is 0.320 e. The van der Waals surface area contributed by atoms with Gasteiger partial charge in [-0.2, -0.15) is 0 Å². The molecule has 1 atom stereocenters. The van der Waals surface area contributed by atoms with Crippen LogP contribution in [0.4, 0.5) is 0 Å². The van der Waals surface area contributed by atoms with Crippen molar-refractivity contribution in [2.24, 2.45) is 5.73 Å². The Kier molecular flexibility index (Phi) is 4.68. The van der Waals surface area contributed by atoms with Crippen molar-refractivity contribution in [3.8, 4) is 5.75 Å². The first kappa shape index (κ1) is 14.0. The molecule has 0 aliphatic carbocycles. The first-order chi connectivity index (χ1) is 9.65. The van der Waals surface area contributed by atoms with E-state index in [-0.39, 0.29) is 0 Å². The Morgan fingerprint density at radius 3 is 2.40 bits per heavy atom. The summed E-state index contributed by atoms with van der Waals surface area (Å²) < 4.78 is 5.62. The molecule has 0 radical (unpaired) electrons. The zero-order chi connectivity index (χ0) is 14.4. The lowest BCUT2D eigenvalue weighted by Crippen LogP contribution is -2.32. The third-order valence-electron chi connectivity index (χ3n) is 2.85. The van der Waals surface area contributed by atoms with Crippen molar-refractivity contribution in [2.45, 2.75) is 19.1 Å². The molecule has 0 aliphatic heterocycles. The Morgan fingerprint density at radius 2 is 1.80 bits per heavy atom. The molecule has 1 heterocycles. The quantitative estimate of drug-likeness (QED) is 0.834. The number of pyridine rings is 1. The van der Waals surface area contributed by atoms with Crippen LogP contribution in [-0.2, 0) is 17.8 Å². The number of nitrogens with zero attached hydrogens (tertiary/aromatic N) is 1. The highest BCUT2D eigenvalue weighted by Gasteiger charge is 2.11. The van der Waals surface area contributed by atoms with Gasteiger partial charge in [0.1, 0.15) is 18.4 Å². The van der Waals surface area contributed by atoms with Gasteiger partial charge < -0.3 is 15.6 Å². The zero-order valence-corrected chi connectivity index (χ0v) is 10.9. The van der Waals surface area contributed by atoms with Crippen molar-refractivity contribution in [3.63, 3.8) is 0 Å². The number of ether oxygens (including phenoxy) is 1. The molecule has 0 fully saturated rings. The number of nitrogens with two attached hydrogens (primary N) is 1. The summed E-state index contributed by atoms with van der Waals surface area (Å²) in [7, 11) is 0. The lowest BCUT2D eigenvalue weighted by molar-refractivity contribution is -0.138. The summed E-state index contributed by atoms with van der Waals surface area (Å²) >= 11 is 0. The third kappa shape index (κ3) is 4.07. The van der Waals surface area contributed by atoms with Crippen LogP contribution in [-0.4, -0.2) is 22.1 Å². The highest BCUT2D eigenvalue weighted by molar-refractivity contribution is 5.73. The van der Waals surface area contributed by atoms with E-state index in [1.54, 1.807) is 12.4 Å². The van der Waals surface area contributed by atoms with Crippen molar-refractivity contribution in [1.82, 2.24) is 4.98 Å². The third-order valence-corrected chi connectivity index (χ3v) is 2.85. The number of rotatable bonds is 6. The van der Waals surface area contributed by atoms with Gasteiger partial charge in [0.2, 0.25) is 0 Å². The molecular weight excluding hydrogens is 256 g/mol. The second-order valence-corrected chi connectivity index (χ2v) is 4.44. The molecule has 2 aromatic rings. The molecule has 0 saturated heterocycles. The first-order valence-corrected chi connectivity index (χ1v) is 6.24. The molecule has 1 aromatic carbocycles. The standard InChI is InChI=1S/C15H16N2O3/c16-14(15(18)19)9-11-1-3-13(4-2-11)20-10-12-5-7-17-8-6-12/h1-8,14H,9-10,16H2,(H,18,19)/t14-/m0/s1. The molecule has 0 aliphatic rings. The fraction of sp³-hybridized carbons (Fsp3) is 0.200. The molecule has 0 bridgehead atoms. The van der Waals surface area contributed by atoms with E-state index in [9.17, 15) is 4.79 Å². The Hall–Kier alpha value is -2.40. The molecule has 5 nitrogen and oxygen atoms in total. The van der Waals surface area contributed by atoms with Crippen LogP contribution in [0.25, 0.3) is 0 Å². The normalized spacial score (nSPS) is 11.8. The lowest BCUT2D eigenvalue weighted by Gasteiger charge is -2.09. The fourth-order valence-corrected chi connectivity index (χ4v) is 1.71. The van der Waals surface area contributed by atoms with E-state index in [1.165, 1.54) is 0 Å². The van der Waals surface area contributed by atoms with Gasteiger partial charge in [-0.25, -0.2) is 0 Å². The van der Waals surface area contributed by atoms with Gasteiger partial charge in [0, 0.05) is 12.4 Å². The van der Waals surface area contributed by atoms with Crippen molar-refractivity contribution in [1.29, 1.82) is 0 Å². The van der Waals surface area contributed by atoms with Gasteiger partial charge in [0.25, 0.3) is 0 Å². The molecular formula is C15H16N2O3. The van der Waals surface area contributed by atoms with Gasteiger partial charge in [-0.3, -0.25) is 9.78 Å². The van der Waals surface area contributed by atoms with Crippen LogP contribution in [0.2, 0.25) is 0 Å². The summed E-state index contributed by atoms with van der Waals surface area (Å²) in [6, 6.07) is 10.2. The van der Waals surface area contributed by atoms with E-state index in [2.05, 4.69) is 4.98 Å². The van der Waals surface area contributed by atoms with Crippen LogP contribution in [0.5, 0.6) is 5.75 Å². The summed E-state index contributed by atoms with van der Waals surface area (Å²) in [5.41, 5.74) is 7.39. The second-order valence-electron chi connectivity index (χ2n) is 4.44. The summed E-state index contributed by atoms with van der Waals surface area (Å²) in [5, 5.41) is 8.75. The Bertz CT molecular complexity index is 555. The van der Waals surface area contributed by atoms with Crippen LogP contribution >= 0.6 is 0 Å². The van der Waals surface area contributed by atoms with Crippen LogP contribution in [0.3, 0.4) is 0 Å². The summed E-state index contributed by atoms with van der Waals surface area (Å²) in [6.45, 7) is 0.469. The highest BCUT2D eigenvalue weighted by Crippen LogP contribution is 2.15. The molecule has 1 aromatic heterocycles. The SMILES string of the molecule is N[C@@H](Cc1ccc(OCc2ccncc2)cc1)C(=O)O. The Labute approximate surface area is 117 Å². The van der Waals surface area contributed by atoms with Crippen LogP contribution in [0.1, 0.15) is 11.1 Å². The number of hydrogen-bond donors (Lipinski definition) is 2. The maximum absolute atomic E-state index is 10.7. The Morgan fingerprint density at radius 1 is 1.15 bits per heavy atom. The number of aromatic nitrogens is 1. The maximum Gasteiger partial charge on any atom is 0.320 e. The predicted molar refractivity (Wildman–Crippen MR) is 74.3 cm³/mol. The Balaban J connectivity index is 1.90. The summed E-state index contributed by atoms with van der Waals surface area (Å²) in [6.07, 6.45) is 3.74. The van der Waals surface area contributed by atoms with Crippen molar-refractivity contribution >= 4 is 5.97 Å². The number of benzene rings is 1. The monoisotopic (exact) mass is 272 g/mol. The zero-order valence-electron chi connectivity index (χ0n) is 10.9. The second kappa shape index (κ2) is 6.68. The van der Waals surface area contributed by atoms with E-state index in [0.717, 1.165) is 16.9 Å². The molecule has 0 unspecified atom stereocenters. The van der Waals surface area contributed by atoms with Gasteiger partial charge in [-0.05, 0) is 41.8 Å². The topological polar surface area (TPSA) is 85.4 Å². The fourth-order valence-electron chi connectivity index (χ4n) is 1.71. The van der Waals surface area contributed by atoms with Crippen molar-refractivity contribution in [3.05, 3.63) is 59.9 Å². The van der Waals surface area contributed by atoms with Gasteiger partial charge in [-0.1, -0.05) is 12.1 Å². The average molecular weight is 272 g/mol. The molecule has 3 N–H and O–H groups in total. The molecule has 0 spiro atoms. The van der Waals surface area contributed by atoms with E-state index < -0.39 is 12.0 Å².